The van der Waals surface area contributed by atoms with Crippen molar-refractivity contribution >= 4 is 37.1 Å². The number of hydrogen-bond donors (Lipinski definition) is 4. The average Bonchev–Trinajstić information content (AvgIpc) is 2.99. The number of nitrogens with zero attached hydrogens (tertiary/aromatic N) is 1. The first-order chi connectivity index (χ1) is 12.5. The van der Waals surface area contributed by atoms with Crippen LogP contribution in [0.5, 0.6) is 0 Å². The third kappa shape index (κ3) is 5.03. The normalized spacial score (nSPS) is 21.8. The summed E-state index contributed by atoms with van der Waals surface area (Å²) in [4.78, 5) is 15.9. The van der Waals surface area contributed by atoms with Crippen LogP contribution in [0.25, 0.3) is 0 Å². The van der Waals surface area contributed by atoms with E-state index in [1.54, 1.807) is 6.92 Å². The molecule has 0 fully saturated rings. The predicted molar refractivity (Wildman–Crippen MR) is 93.3 cm³/mol. The summed E-state index contributed by atoms with van der Waals surface area (Å²) in [7, 11) is -7.92. The molecule has 0 bridgehead atoms. The molecule has 1 aromatic rings. The Morgan fingerprint density at radius 2 is 2.11 bits per heavy atom. The number of carbonyl (C=O) groups excluding carboxylic acids is 1. The fourth-order valence-corrected chi connectivity index (χ4v) is 7.65. The molecule has 4 N–H and O–H groups in total. The van der Waals surface area contributed by atoms with Gasteiger partial charge in [0.15, 0.2) is 9.84 Å². The third-order valence-corrected chi connectivity index (χ3v) is 9.68. The minimum atomic E-state index is -4.28. The maximum Gasteiger partial charge on any atom is 0.273 e. The molecule has 2 heterocycles. The molecule has 0 aliphatic carbocycles. The van der Waals surface area contributed by atoms with E-state index in [4.69, 9.17) is 10.4 Å². The van der Waals surface area contributed by atoms with Crippen LogP contribution in [0.3, 0.4) is 0 Å². The number of nitrogens with one attached hydrogen (secondary N) is 2. The number of sulfonamides is 1. The zero-order chi connectivity index (χ0) is 20.4. The van der Waals surface area contributed by atoms with Gasteiger partial charge in [0.25, 0.3) is 10.0 Å². The van der Waals surface area contributed by atoms with Gasteiger partial charge in [-0.2, -0.15) is 0 Å². The van der Waals surface area contributed by atoms with Gasteiger partial charge in [-0.3, -0.25) is 20.0 Å². The SMILES string of the molecule is CCN[C@H]1CC(C)S(=O)(=O)c2sc(S(=O)(=O)NC(=O)CCON(O)O)cc21. The summed E-state index contributed by atoms with van der Waals surface area (Å²) in [5.74, 6) is -0.942. The highest BCUT2D eigenvalue weighted by Gasteiger charge is 2.39. The largest absolute Gasteiger partial charge is 0.310 e. The molecule has 14 heteroatoms. The molecule has 0 spiro atoms. The molecule has 0 aromatic carbocycles. The molecule has 2 atom stereocenters. The molecular formula is C13H21N3O8S3. The minimum Gasteiger partial charge on any atom is -0.310 e. The van der Waals surface area contributed by atoms with Crippen molar-refractivity contribution in [3.8, 4) is 0 Å². The van der Waals surface area contributed by atoms with Crippen molar-refractivity contribution in [3.63, 3.8) is 0 Å². The maximum atomic E-state index is 12.6. The van der Waals surface area contributed by atoms with Crippen molar-refractivity contribution in [1.29, 1.82) is 0 Å². The number of hydrogen-bond acceptors (Lipinski definition) is 11. The van der Waals surface area contributed by atoms with E-state index >= 15 is 0 Å². The minimum absolute atomic E-state index is 0.0143. The summed E-state index contributed by atoms with van der Waals surface area (Å²) in [6.45, 7) is 3.55. The zero-order valence-corrected chi connectivity index (χ0v) is 17.0. The first kappa shape index (κ1) is 22.2. The van der Waals surface area contributed by atoms with E-state index in [0.717, 1.165) is 0 Å². The Kier molecular flexibility index (Phi) is 6.96. The van der Waals surface area contributed by atoms with Crippen LogP contribution in [0.15, 0.2) is 14.5 Å². The number of thiophene rings is 1. The van der Waals surface area contributed by atoms with Gasteiger partial charge in [0, 0.05) is 11.6 Å². The van der Waals surface area contributed by atoms with Crippen molar-refractivity contribution in [2.45, 2.75) is 46.4 Å². The van der Waals surface area contributed by atoms with Crippen molar-refractivity contribution in [1.82, 2.24) is 15.4 Å². The van der Waals surface area contributed by atoms with Gasteiger partial charge in [-0.15, -0.1) is 11.3 Å². The Labute approximate surface area is 160 Å². The number of rotatable bonds is 8. The van der Waals surface area contributed by atoms with Crippen LogP contribution < -0.4 is 10.0 Å². The summed E-state index contributed by atoms with van der Waals surface area (Å²) in [5, 5.41) is 18.6. The van der Waals surface area contributed by atoms with Crippen LogP contribution in [-0.4, -0.2) is 56.9 Å². The van der Waals surface area contributed by atoms with E-state index in [0.29, 0.717) is 29.9 Å². The Hall–Kier alpha value is -1.13. The predicted octanol–water partition coefficient (Wildman–Crippen LogP) is 0.172. The van der Waals surface area contributed by atoms with Crippen LogP contribution in [0.1, 0.15) is 38.3 Å². The van der Waals surface area contributed by atoms with Gasteiger partial charge in [0.1, 0.15) is 8.42 Å². The second-order valence-corrected chi connectivity index (χ2v) is 11.4. The molecule has 0 saturated heterocycles. The molecule has 1 amide bonds. The van der Waals surface area contributed by atoms with E-state index in [9.17, 15) is 21.6 Å². The molecule has 27 heavy (non-hydrogen) atoms. The number of sulfone groups is 1. The van der Waals surface area contributed by atoms with Crippen LogP contribution in [0.4, 0.5) is 0 Å². The third-order valence-electron chi connectivity index (χ3n) is 3.93. The first-order valence-electron chi connectivity index (χ1n) is 7.96. The lowest BCUT2D eigenvalue weighted by Crippen LogP contribution is -2.33. The summed E-state index contributed by atoms with van der Waals surface area (Å²) >= 11 is 0.603. The smallest absolute Gasteiger partial charge is 0.273 e. The second kappa shape index (κ2) is 8.48. The monoisotopic (exact) mass is 443 g/mol. The Morgan fingerprint density at radius 3 is 2.70 bits per heavy atom. The topological polar surface area (TPSA) is 162 Å². The standard InChI is InChI=1S/C13H21N3O8S3/c1-3-14-10-6-8(2)26(20,21)13-9(10)7-12(25-13)27(22,23)15-11(17)4-5-24-16(18)19/h7-8,10,14,18-19H,3-6H2,1-2H3,(H,15,17)/t8?,10-/m0/s1. The first-order valence-corrected chi connectivity index (χ1v) is 11.8. The zero-order valence-electron chi connectivity index (χ0n) is 14.6. The Bertz CT molecular complexity index is 894. The Morgan fingerprint density at radius 1 is 1.44 bits per heavy atom. The number of carbonyl (C=O) groups is 1. The van der Waals surface area contributed by atoms with Crippen LogP contribution in [-0.2, 0) is 29.5 Å². The van der Waals surface area contributed by atoms with Gasteiger partial charge in [-0.25, -0.2) is 21.6 Å². The molecule has 1 aromatic heterocycles. The average molecular weight is 444 g/mol. The van der Waals surface area contributed by atoms with Crippen LogP contribution >= 0.6 is 11.3 Å². The second-order valence-electron chi connectivity index (χ2n) is 5.87. The van der Waals surface area contributed by atoms with Crippen molar-refractivity contribution in [2.24, 2.45) is 0 Å². The van der Waals surface area contributed by atoms with Gasteiger partial charge < -0.3 is 5.32 Å². The fourth-order valence-electron chi connectivity index (χ4n) is 2.64. The van der Waals surface area contributed by atoms with E-state index in [2.05, 4.69) is 10.2 Å². The molecule has 154 valence electrons. The summed E-state index contributed by atoms with van der Waals surface area (Å²) in [6, 6.07) is 0.972. The van der Waals surface area contributed by atoms with Gasteiger partial charge in [0.05, 0.1) is 23.7 Å². The molecule has 1 aliphatic rings. The van der Waals surface area contributed by atoms with E-state index in [1.165, 1.54) is 6.07 Å². The summed E-state index contributed by atoms with van der Waals surface area (Å²) in [5.41, 5.74) is 0.382. The van der Waals surface area contributed by atoms with Crippen molar-refractivity contribution in [2.75, 3.05) is 13.2 Å². The molecule has 0 radical (unpaired) electrons. The highest BCUT2D eigenvalue weighted by Crippen LogP contribution is 2.42. The maximum absolute atomic E-state index is 12.6. The molecule has 2 rings (SSSR count). The van der Waals surface area contributed by atoms with Gasteiger partial charge in [-0.05, 0) is 26.0 Å². The lowest BCUT2D eigenvalue weighted by Gasteiger charge is -2.27. The fraction of sp³-hybridized carbons (Fsp3) is 0.615. The number of amides is 1. The van der Waals surface area contributed by atoms with Crippen LogP contribution in [0.2, 0.25) is 0 Å². The van der Waals surface area contributed by atoms with Gasteiger partial charge >= 0.3 is 0 Å². The molecule has 1 unspecified atom stereocenters. The van der Waals surface area contributed by atoms with Crippen LogP contribution in [0, 0.1) is 0 Å². The molecule has 0 saturated carbocycles. The van der Waals surface area contributed by atoms with Gasteiger partial charge in [-0.1, -0.05) is 6.92 Å². The van der Waals surface area contributed by atoms with E-state index in [-0.39, 0.29) is 14.5 Å². The summed E-state index contributed by atoms with van der Waals surface area (Å²) < 4.78 is 51.5. The van der Waals surface area contributed by atoms with Crippen molar-refractivity contribution < 1.29 is 36.9 Å². The molecule has 1 aliphatic heterocycles. The highest BCUT2D eigenvalue weighted by molar-refractivity contribution is 7.95. The number of fused-ring (bicyclic) bond motifs is 1. The quantitative estimate of drug-likeness (QED) is 0.407. The molecule has 11 nitrogen and oxygen atoms in total. The van der Waals surface area contributed by atoms with Gasteiger partial charge in [0.2, 0.25) is 5.91 Å². The lowest BCUT2D eigenvalue weighted by molar-refractivity contribution is -0.491. The summed E-state index contributed by atoms with van der Waals surface area (Å²) in [6.07, 6.45) is -0.140. The molecular weight excluding hydrogens is 422 g/mol. The lowest BCUT2D eigenvalue weighted by atomic mass is 10.1. The Balaban J connectivity index is 2.27. The van der Waals surface area contributed by atoms with E-state index in [1.807, 2.05) is 11.6 Å². The van der Waals surface area contributed by atoms with Crippen molar-refractivity contribution in [3.05, 3.63) is 11.6 Å². The van der Waals surface area contributed by atoms with E-state index < -0.39 is 49.4 Å². The highest BCUT2D eigenvalue weighted by atomic mass is 32.3.